The van der Waals surface area contributed by atoms with E-state index >= 15 is 0 Å². The zero-order valence-corrected chi connectivity index (χ0v) is 12.3. The number of rotatable bonds is 4. The van der Waals surface area contributed by atoms with Gasteiger partial charge in [-0.2, -0.15) is 0 Å². The molecule has 3 rings (SSSR count). The molecule has 0 radical (unpaired) electrons. The van der Waals surface area contributed by atoms with Crippen LogP contribution in [0.3, 0.4) is 0 Å². The lowest BCUT2D eigenvalue weighted by Gasteiger charge is -2.18. The van der Waals surface area contributed by atoms with E-state index in [-0.39, 0.29) is 43.1 Å². The second-order valence-electron chi connectivity index (χ2n) is 5.19. The lowest BCUT2D eigenvalue weighted by Crippen LogP contribution is -2.44. The highest BCUT2D eigenvalue weighted by Gasteiger charge is 2.32. The number of amides is 3. The molecule has 2 aliphatic rings. The summed E-state index contributed by atoms with van der Waals surface area (Å²) in [5.74, 6) is -0.790. The summed E-state index contributed by atoms with van der Waals surface area (Å²) in [5.41, 5.74) is 0. The van der Waals surface area contributed by atoms with Crippen molar-refractivity contribution >= 4 is 34.2 Å². The van der Waals surface area contributed by atoms with Gasteiger partial charge in [-0.25, -0.2) is 4.98 Å². The van der Waals surface area contributed by atoms with Gasteiger partial charge in [-0.3, -0.25) is 19.3 Å². The molecular formula is C13H16N4O3S. The maximum atomic E-state index is 12.0. The number of nitrogens with zero attached hydrogens (tertiary/aromatic N) is 3. The fourth-order valence-corrected chi connectivity index (χ4v) is 3.32. The topological polar surface area (TPSA) is 82.6 Å². The number of thiazole rings is 1. The van der Waals surface area contributed by atoms with Crippen LogP contribution >= 0.6 is 11.3 Å². The Balaban J connectivity index is 1.50. The molecule has 1 aromatic rings. The molecule has 3 heterocycles. The van der Waals surface area contributed by atoms with Crippen LogP contribution in [-0.2, 0) is 14.4 Å². The van der Waals surface area contributed by atoms with Crippen molar-refractivity contribution in [1.29, 1.82) is 0 Å². The third-order valence-electron chi connectivity index (χ3n) is 3.70. The highest BCUT2D eigenvalue weighted by Crippen LogP contribution is 2.22. The quantitative estimate of drug-likeness (QED) is 0.791. The summed E-state index contributed by atoms with van der Waals surface area (Å²) in [6.45, 7) is 1.40. The van der Waals surface area contributed by atoms with E-state index in [4.69, 9.17) is 0 Å². The number of hydrogen-bond acceptors (Lipinski definition) is 6. The SMILES string of the molecule is O=C(CN1C(=O)CCC1=O)NC1CCN(c2nccs2)C1. The van der Waals surface area contributed by atoms with Gasteiger partial charge in [-0.05, 0) is 6.42 Å². The van der Waals surface area contributed by atoms with Crippen molar-refractivity contribution in [3.8, 4) is 0 Å². The monoisotopic (exact) mass is 308 g/mol. The third kappa shape index (κ3) is 3.05. The highest BCUT2D eigenvalue weighted by molar-refractivity contribution is 7.13. The maximum absolute atomic E-state index is 12.0. The number of hydrogen-bond donors (Lipinski definition) is 1. The van der Waals surface area contributed by atoms with Crippen molar-refractivity contribution in [3.05, 3.63) is 11.6 Å². The Morgan fingerprint density at radius 2 is 2.14 bits per heavy atom. The minimum atomic E-state index is -0.274. The van der Waals surface area contributed by atoms with Crippen molar-refractivity contribution in [2.24, 2.45) is 0 Å². The number of likely N-dealkylation sites (tertiary alicyclic amines) is 1. The van der Waals surface area contributed by atoms with Gasteiger partial charge >= 0.3 is 0 Å². The average Bonchev–Trinajstić information content (AvgIpc) is 3.16. The van der Waals surface area contributed by atoms with Crippen LogP contribution in [0.2, 0.25) is 0 Å². The van der Waals surface area contributed by atoms with Crippen LogP contribution < -0.4 is 10.2 Å². The summed E-state index contributed by atoms with van der Waals surface area (Å²) in [6.07, 6.45) is 3.03. The summed E-state index contributed by atoms with van der Waals surface area (Å²) in [6, 6.07) is 0.0363. The van der Waals surface area contributed by atoms with Crippen molar-refractivity contribution in [1.82, 2.24) is 15.2 Å². The molecular weight excluding hydrogens is 292 g/mol. The fourth-order valence-electron chi connectivity index (χ4n) is 2.64. The van der Waals surface area contributed by atoms with Gasteiger partial charge in [-0.1, -0.05) is 0 Å². The van der Waals surface area contributed by atoms with Crippen LogP contribution in [0, 0.1) is 0 Å². The molecule has 0 bridgehead atoms. The van der Waals surface area contributed by atoms with Crippen LogP contribution in [0.5, 0.6) is 0 Å². The largest absolute Gasteiger partial charge is 0.350 e. The van der Waals surface area contributed by atoms with Crippen molar-refractivity contribution in [3.63, 3.8) is 0 Å². The number of carbonyl (C=O) groups is 3. The number of aromatic nitrogens is 1. The Morgan fingerprint density at radius 3 is 2.81 bits per heavy atom. The molecule has 1 aromatic heterocycles. The predicted octanol–water partition coefficient (Wildman–Crippen LogP) is -0.0130. The van der Waals surface area contributed by atoms with Gasteiger partial charge in [0, 0.05) is 43.5 Å². The number of imide groups is 1. The second kappa shape index (κ2) is 5.80. The molecule has 112 valence electrons. The molecule has 21 heavy (non-hydrogen) atoms. The minimum absolute atomic E-state index is 0.0363. The van der Waals surface area contributed by atoms with Crippen LogP contribution in [0.4, 0.5) is 5.13 Å². The Hall–Kier alpha value is -1.96. The van der Waals surface area contributed by atoms with Gasteiger partial charge < -0.3 is 10.2 Å². The number of nitrogens with one attached hydrogen (secondary N) is 1. The van der Waals surface area contributed by atoms with Gasteiger partial charge in [0.15, 0.2) is 5.13 Å². The van der Waals surface area contributed by atoms with Gasteiger partial charge in [0.25, 0.3) is 0 Å². The third-order valence-corrected chi connectivity index (χ3v) is 4.53. The lowest BCUT2D eigenvalue weighted by atomic mass is 10.2. The summed E-state index contributed by atoms with van der Waals surface area (Å²) in [5, 5.41) is 5.77. The first kappa shape index (κ1) is 14.0. The Labute approximate surface area is 125 Å². The molecule has 2 fully saturated rings. The van der Waals surface area contributed by atoms with Gasteiger partial charge in [-0.15, -0.1) is 11.3 Å². The van der Waals surface area contributed by atoms with Crippen LogP contribution in [-0.4, -0.2) is 53.3 Å². The van der Waals surface area contributed by atoms with Crippen LogP contribution in [0.25, 0.3) is 0 Å². The number of anilines is 1. The minimum Gasteiger partial charge on any atom is -0.350 e. The van der Waals surface area contributed by atoms with E-state index in [0.717, 1.165) is 23.0 Å². The van der Waals surface area contributed by atoms with Gasteiger partial charge in [0.05, 0.1) is 0 Å². The van der Waals surface area contributed by atoms with Gasteiger partial charge in [0.1, 0.15) is 6.54 Å². The molecule has 0 saturated carbocycles. The van der Waals surface area contributed by atoms with E-state index < -0.39 is 0 Å². The first-order valence-corrected chi connectivity index (χ1v) is 7.78. The normalized spacial score (nSPS) is 22.2. The Bertz CT molecular complexity index is 544. The maximum Gasteiger partial charge on any atom is 0.240 e. The summed E-state index contributed by atoms with van der Waals surface area (Å²) in [7, 11) is 0. The van der Waals surface area contributed by atoms with E-state index in [0.29, 0.717) is 6.54 Å². The second-order valence-corrected chi connectivity index (χ2v) is 6.06. The fraction of sp³-hybridized carbons (Fsp3) is 0.538. The molecule has 1 unspecified atom stereocenters. The first-order chi connectivity index (χ1) is 10.1. The smallest absolute Gasteiger partial charge is 0.240 e. The average molecular weight is 308 g/mol. The molecule has 1 N–H and O–H groups in total. The summed E-state index contributed by atoms with van der Waals surface area (Å²) in [4.78, 5) is 42.3. The molecule has 2 saturated heterocycles. The molecule has 1 atom stereocenters. The molecule has 2 aliphatic heterocycles. The van der Waals surface area contributed by atoms with E-state index in [1.165, 1.54) is 0 Å². The highest BCUT2D eigenvalue weighted by atomic mass is 32.1. The molecule has 3 amide bonds. The molecule has 0 aromatic carbocycles. The van der Waals surface area contributed by atoms with Gasteiger partial charge in [0.2, 0.25) is 17.7 Å². The van der Waals surface area contributed by atoms with Crippen LogP contribution in [0.15, 0.2) is 11.6 Å². The Kier molecular flexibility index (Phi) is 3.87. The Morgan fingerprint density at radius 1 is 1.38 bits per heavy atom. The lowest BCUT2D eigenvalue weighted by molar-refractivity contribution is -0.142. The van der Waals surface area contributed by atoms with E-state index in [9.17, 15) is 14.4 Å². The standard InChI is InChI=1S/C13H16N4O3S/c18-10(8-17-11(19)1-2-12(17)20)15-9-3-5-16(7-9)13-14-4-6-21-13/h4,6,9H,1-3,5,7-8H2,(H,15,18). The van der Waals surface area contributed by atoms with E-state index in [1.807, 2.05) is 5.38 Å². The van der Waals surface area contributed by atoms with Crippen molar-refractivity contribution < 1.29 is 14.4 Å². The zero-order chi connectivity index (χ0) is 14.8. The summed E-state index contributed by atoms with van der Waals surface area (Å²) < 4.78 is 0. The molecule has 0 spiro atoms. The molecule has 8 heteroatoms. The molecule has 7 nitrogen and oxygen atoms in total. The zero-order valence-electron chi connectivity index (χ0n) is 11.4. The van der Waals surface area contributed by atoms with Crippen molar-refractivity contribution in [2.75, 3.05) is 24.5 Å². The number of carbonyl (C=O) groups excluding carboxylic acids is 3. The predicted molar refractivity (Wildman–Crippen MR) is 76.8 cm³/mol. The van der Waals surface area contributed by atoms with E-state index in [2.05, 4.69) is 15.2 Å². The summed E-state index contributed by atoms with van der Waals surface area (Å²) >= 11 is 1.57. The van der Waals surface area contributed by atoms with Crippen molar-refractivity contribution in [2.45, 2.75) is 25.3 Å². The van der Waals surface area contributed by atoms with E-state index in [1.54, 1.807) is 17.5 Å². The molecule has 0 aliphatic carbocycles. The first-order valence-electron chi connectivity index (χ1n) is 6.90. The van der Waals surface area contributed by atoms with Crippen LogP contribution in [0.1, 0.15) is 19.3 Å².